The molecule has 0 aliphatic carbocycles. The fourth-order valence-corrected chi connectivity index (χ4v) is 1.83. The van der Waals surface area contributed by atoms with Gasteiger partial charge in [-0.2, -0.15) is 0 Å². The van der Waals surface area contributed by atoms with Gasteiger partial charge in [-0.1, -0.05) is 19.1 Å². The Morgan fingerprint density at radius 3 is 2.55 bits per heavy atom. The topological polar surface area (TPSA) is 66.2 Å². The highest BCUT2D eigenvalue weighted by atomic mass is 16.5. The van der Waals surface area contributed by atoms with E-state index in [-0.39, 0.29) is 6.10 Å². The van der Waals surface area contributed by atoms with E-state index < -0.39 is 5.97 Å². The molecular formula is C14H25N3O3. The Bertz CT molecular complexity index is 427. The van der Waals surface area contributed by atoms with Crippen LogP contribution in [0.25, 0.3) is 0 Å². The quantitative estimate of drug-likeness (QED) is 0.683. The normalized spacial score (nSPS) is 11.3. The third kappa shape index (κ3) is 4.92. The summed E-state index contributed by atoms with van der Waals surface area (Å²) in [6.07, 6.45) is 0.916. The summed E-state index contributed by atoms with van der Waals surface area (Å²) in [5.41, 5.74) is 1.15. The van der Waals surface area contributed by atoms with Crippen molar-refractivity contribution in [1.29, 1.82) is 0 Å². The van der Waals surface area contributed by atoms with Gasteiger partial charge in [0.05, 0.1) is 31.6 Å². The predicted octanol–water partition coefficient (Wildman–Crippen LogP) is 2.08. The molecule has 0 aliphatic rings. The maximum absolute atomic E-state index is 11.9. The summed E-state index contributed by atoms with van der Waals surface area (Å²) in [6.45, 7) is 11.4. The van der Waals surface area contributed by atoms with E-state index in [1.54, 1.807) is 11.6 Å². The number of esters is 1. The van der Waals surface area contributed by atoms with Crippen LogP contribution in [0, 0.1) is 5.92 Å². The molecule has 0 aromatic carbocycles. The molecule has 0 fully saturated rings. The molecule has 0 saturated carbocycles. The predicted molar refractivity (Wildman–Crippen MR) is 75.6 cm³/mol. The van der Waals surface area contributed by atoms with Gasteiger partial charge in [-0.05, 0) is 33.1 Å². The summed E-state index contributed by atoms with van der Waals surface area (Å²) in [5, 5.41) is 8.02. The van der Waals surface area contributed by atoms with E-state index in [0.29, 0.717) is 31.4 Å². The molecular weight excluding hydrogens is 258 g/mol. The van der Waals surface area contributed by atoms with Crippen molar-refractivity contribution < 1.29 is 14.3 Å². The number of carbonyl (C=O) groups is 1. The summed E-state index contributed by atoms with van der Waals surface area (Å²) >= 11 is 0. The van der Waals surface area contributed by atoms with Gasteiger partial charge in [-0.25, -0.2) is 9.48 Å². The van der Waals surface area contributed by atoms with Crippen molar-refractivity contribution in [3.05, 3.63) is 11.4 Å². The molecule has 0 amide bonds. The van der Waals surface area contributed by atoms with Gasteiger partial charge in [-0.3, -0.25) is 0 Å². The van der Waals surface area contributed by atoms with Gasteiger partial charge in [-0.15, -0.1) is 5.10 Å². The van der Waals surface area contributed by atoms with E-state index in [1.807, 2.05) is 13.8 Å². The third-order valence-electron chi connectivity index (χ3n) is 2.66. The Labute approximate surface area is 120 Å². The first kappa shape index (κ1) is 16.6. The lowest BCUT2D eigenvalue weighted by molar-refractivity contribution is 0.0517. The average molecular weight is 283 g/mol. The number of hydrogen-bond donors (Lipinski definition) is 0. The van der Waals surface area contributed by atoms with Gasteiger partial charge < -0.3 is 9.47 Å². The van der Waals surface area contributed by atoms with Crippen LogP contribution in [0.15, 0.2) is 0 Å². The number of carbonyl (C=O) groups excluding carboxylic acids is 1. The molecule has 20 heavy (non-hydrogen) atoms. The second-order valence-corrected chi connectivity index (χ2v) is 5.35. The first-order valence-corrected chi connectivity index (χ1v) is 7.16. The van der Waals surface area contributed by atoms with Gasteiger partial charge in [0.25, 0.3) is 0 Å². The molecule has 0 saturated heterocycles. The number of ether oxygens (including phenoxy) is 2. The Kier molecular flexibility index (Phi) is 6.64. The molecule has 0 N–H and O–H groups in total. The standard InChI is InChI=1S/C14H25N3O3/c1-6-19-14(18)13-12(9-10(2)3)17(16-15-13)7-8-20-11(4)5/h10-11H,6-9H2,1-5H3. The number of aromatic nitrogens is 3. The van der Waals surface area contributed by atoms with Crippen LogP contribution in [0.4, 0.5) is 0 Å². The molecule has 0 unspecified atom stereocenters. The first-order chi connectivity index (χ1) is 9.45. The SMILES string of the molecule is CCOC(=O)c1nnn(CCOC(C)C)c1CC(C)C. The van der Waals surface area contributed by atoms with Crippen LogP contribution in [0.1, 0.15) is 50.8 Å². The van der Waals surface area contributed by atoms with Crippen molar-refractivity contribution in [3.8, 4) is 0 Å². The van der Waals surface area contributed by atoms with Gasteiger partial charge in [0.15, 0.2) is 5.69 Å². The Hall–Kier alpha value is -1.43. The van der Waals surface area contributed by atoms with E-state index >= 15 is 0 Å². The molecule has 6 heteroatoms. The zero-order valence-corrected chi connectivity index (χ0v) is 13.0. The number of hydrogen-bond acceptors (Lipinski definition) is 5. The fraction of sp³-hybridized carbons (Fsp3) is 0.786. The monoisotopic (exact) mass is 283 g/mol. The van der Waals surface area contributed by atoms with Crippen LogP contribution in [-0.4, -0.2) is 40.3 Å². The summed E-state index contributed by atoms with van der Waals surface area (Å²) in [4.78, 5) is 11.9. The molecule has 0 bridgehead atoms. The van der Waals surface area contributed by atoms with Gasteiger partial charge in [0.1, 0.15) is 0 Å². The summed E-state index contributed by atoms with van der Waals surface area (Å²) in [5.74, 6) is 0.00521. The fourth-order valence-electron chi connectivity index (χ4n) is 1.83. The molecule has 1 aromatic rings. The largest absolute Gasteiger partial charge is 0.461 e. The van der Waals surface area contributed by atoms with E-state index in [9.17, 15) is 4.79 Å². The number of nitrogens with zero attached hydrogens (tertiary/aromatic N) is 3. The molecule has 1 aromatic heterocycles. The second kappa shape index (κ2) is 7.99. The lowest BCUT2D eigenvalue weighted by Gasteiger charge is -2.11. The van der Waals surface area contributed by atoms with Crippen LogP contribution >= 0.6 is 0 Å². The van der Waals surface area contributed by atoms with Gasteiger partial charge >= 0.3 is 5.97 Å². The maximum Gasteiger partial charge on any atom is 0.360 e. The van der Waals surface area contributed by atoms with Crippen molar-refractivity contribution >= 4 is 5.97 Å². The summed E-state index contributed by atoms with van der Waals surface area (Å²) in [6, 6.07) is 0. The Morgan fingerprint density at radius 1 is 1.30 bits per heavy atom. The van der Waals surface area contributed by atoms with Crippen LogP contribution < -0.4 is 0 Å². The molecule has 0 radical (unpaired) electrons. The molecule has 1 heterocycles. The average Bonchev–Trinajstić information content (AvgIpc) is 2.71. The number of rotatable bonds is 8. The first-order valence-electron chi connectivity index (χ1n) is 7.16. The lowest BCUT2D eigenvalue weighted by atomic mass is 10.1. The third-order valence-corrected chi connectivity index (χ3v) is 2.66. The van der Waals surface area contributed by atoms with Crippen molar-refractivity contribution in [1.82, 2.24) is 15.0 Å². The molecule has 1 rings (SSSR count). The van der Waals surface area contributed by atoms with E-state index in [4.69, 9.17) is 9.47 Å². The smallest absolute Gasteiger partial charge is 0.360 e. The van der Waals surface area contributed by atoms with E-state index in [1.165, 1.54) is 0 Å². The van der Waals surface area contributed by atoms with Crippen LogP contribution in [0.5, 0.6) is 0 Å². The van der Waals surface area contributed by atoms with Crippen molar-refractivity contribution in [3.63, 3.8) is 0 Å². The maximum atomic E-state index is 11.9. The lowest BCUT2D eigenvalue weighted by Crippen LogP contribution is -2.16. The highest BCUT2D eigenvalue weighted by molar-refractivity contribution is 5.88. The van der Waals surface area contributed by atoms with Crippen LogP contribution in [-0.2, 0) is 22.4 Å². The van der Waals surface area contributed by atoms with Gasteiger partial charge in [0.2, 0.25) is 0 Å². The molecule has 0 aliphatic heterocycles. The van der Waals surface area contributed by atoms with Gasteiger partial charge in [0, 0.05) is 0 Å². The molecule has 114 valence electrons. The second-order valence-electron chi connectivity index (χ2n) is 5.35. The molecule has 0 atom stereocenters. The molecule has 6 nitrogen and oxygen atoms in total. The highest BCUT2D eigenvalue weighted by Crippen LogP contribution is 2.13. The van der Waals surface area contributed by atoms with Crippen LogP contribution in [0.3, 0.4) is 0 Å². The van der Waals surface area contributed by atoms with Crippen molar-refractivity contribution in [2.75, 3.05) is 13.2 Å². The summed E-state index contributed by atoms with van der Waals surface area (Å²) < 4.78 is 12.3. The Morgan fingerprint density at radius 2 is 2.00 bits per heavy atom. The summed E-state index contributed by atoms with van der Waals surface area (Å²) in [7, 11) is 0. The van der Waals surface area contributed by atoms with E-state index in [0.717, 1.165) is 12.1 Å². The minimum atomic E-state index is -0.404. The zero-order valence-electron chi connectivity index (χ0n) is 13.0. The molecule has 0 spiro atoms. The van der Waals surface area contributed by atoms with Crippen molar-refractivity contribution in [2.45, 2.75) is 53.7 Å². The minimum Gasteiger partial charge on any atom is -0.461 e. The van der Waals surface area contributed by atoms with Crippen LogP contribution in [0.2, 0.25) is 0 Å². The highest BCUT2D eigenvalue weighted by Gasteiger charge is 2.21. The minimum absolute atomic E-state index is 0.177. The Balaban J connectivity index is 2.85. The van der Waals surface area contributed by atoms with E-state index in [2.05, 4.69) is 24.2 Å². The zero-order chi connectivity index (χ0) is 15.1. The van der Waals surface area contributed by atoms with Crippen molar-refractivity contribution in [2.24, 2.45) is 5.92 Å².